The van der Waals surface area contributed by atoms with E-state index in [4.69, 9.17) is 0 Å². The summed E-state index contributed by atoms with van der Waals surface area (Å²) in [7, 11) is 0. The van der Waals surface area contributed by atoms with Crippen molar-refractivity contribution < 1.29 is 9.59 Å². The Morgan fingerprint density at radius 1 is 1.00 bits per heavy atom. The number of carbonyl (C=O) groups is 2. The van der Waals surface area contributed by atoms with Crippen LogP contribution in [0.15, 0.2) is 0 Å². The van der Waals surface area contributed by atoms with E-state index in [0.717, 1.165) is 38.8 Å². The van der Waals surface area contributed by atoms with Gasteiger partial charge in [-0.2, -0.15) is 0 Å². The molecule has 2 amide bonds. The van der Waals surface area contributed by atoms with E-state index in [1.54, 1.807) is 4.90 Å². The summed E-state index contributed by atoms with van der Waals surface area (Å²) < 4.78 is 0. The third-order valence-corrected chi connectivity index (χ3v) is 3.99. The molecule has 0 aromatic heterocycles. The van der Waals surface area contributed by atoms with E-state index in [2.05, 4.69) is 5.32 Å². The Labute approximate surface area is 89.0 Å². The smallest absolute Gasteiger partial charge is 0.232 e. The molecule has 0 unspecified atom stereocenters. The summed E-state index contributed by atoms with van der Waals surface area (Å²) in [4.78, 5) is 25.5. The monoisotopic (exact) mass is 208 g/mol. The molecule has 15 heavy (non-hydrogen) atoms. The lowest BCUT2D eigenvalue weighted by atomic mass is 9.69. The van der Waals surface area contributed by atoms with Crippen molar-refractivity contribution in [1.29, 1.82) is 0 Å². The standard InChI is InChI=1S/C11H16N2O2/c14-10-7-5-8(6-7)11(15)13(10)9-1-3-12-4-2-9/h7-9,12H,1-6H2. The number of piperidine rings is 3. The van der Waals surface area contributed by atoms with Gasteiger partial charge in [-0.1, -0.05) is 0 Å². The number of rotatable bonds is 1. The Hall–Kier alpha value is -0.900. The first-order chi connectivity index (χ1) is 7.27. The largest absolute Gasteiger partial charge is 0.317 e. The molecule has 3 aliphatic heterocycles. The summed E-state index contributed by atoms with van der Waals surface area (Å²) >= 11 is 0. The molecular weight excluding hydrogens is 192 g/mol. The van der Waals surface area contributed by atoms with E-state index >= 15 is 0 Å². The molecule has 3 heterocycles. The van der Waals surface area contributed by atoms with Crippen LogP contribution in [0.2, 0.25) is 0 Å². The van der Waals surface area contributed by atoms with Gasteiger partial charge in [-0.15, -0.1) is 0 Å². The lowest BCUT2D eigenvalue weighted by Gasteiger charge is -2.47. The number of nitrogens with zero attached hydrogens (tertiary/aromatic N) is 1. The van der Waals surface area contributed by atoms with Crippen molar-refractivity contribution in [3.05, 3.63) is 0 Å². The number of hydrogen-bond acceptors (Lipinski definition) is 3. The Morgan fingerprint density at radius 3 is 2.07 bits per heavy atom. The molecule has 0 aromatic rings. The summed E-state index contributed by atoms with van der Waals surface area (Å²) in [6.45, 7) is 1.86. The third-order valence-electron chi connectivity index (χ3n) is 3.99. The van der Waals surface area contributed by atoms with Crippen LogP contribution in [-0.4, -0.2) is 35.8 Å². The van der Waals surface area contributed by atoms with Crippen LogP contribution in [0.3, 0.4) is 0 Å². The Bertz CT molecular complexity index is 284. The zero-order chi connectivity index (χ0) is 10.4. The molecule has 4 fully saturated rings. The van der Waals surface area contributed by atoms with E-state index < -0.39 is 0 Å². The molecule has 1 saturated carbocycles. The average Bonchev–Trinajstić information content (AvgIpc) is 2.16. The molecule has 0 spiro atoms. The minimum absolute atomic E-state index is 0.106. The summed E-state index contributed by atoms with van der Waals surface area (Å²) in [6, 6.07) is 0.178. The van der Waals surface area contributed by atoms with Crippen LogP contribution < -0.4 is 5.32 Å². The highest BCUT2D eigenvalue weighted by Crippen LogP contribution is 2.42. The van der Waals surface area contributed by atoms with Gasteiger partial charge in [0, 0.05) is 17.9 Å². The normalized spacial score (nSPS) is 36.7. The molecule has 0 aromatic carbocycles. The molecule has 4 aliphatic rings. The van der Waals surface area contributed by atoms with Crippen molar-refractivity contribution in [2.75, 3.05) is 13.1 Å². The molecule has 4 nitrogen and oxygen atoms in total. The number of nitrogens with one attached hydrogen (secondary N) is 1. The second-order valence-corrected chi connectivity index (χ2v) is 4.89. The first-order valence-electron chi connectivity index (χ1n) is 5.85. The Morgan fingerprint density at radius 2 is 1.53 bits per heavy atom. The lowest BCUT2D eigenvalue weighted by molar-refractivity contribution is -0.169. The molecule has 1 aliphatic carbocycles. The van der Waals surface area contributed by atoms with E-state index in [1.807, 2.05) is 0 Å². The van der Waals surface area contributed by atoms with E-state index in [-0.39, 0.29) is 29.7 Å². The number of amides is 2. The quantitative estimate of drug-likeness (QED) is 0.623. The molecule has 0 radical (unpaired) electrons. The van der Waals surface area contributed by atoms with Crippen LogP contribution in [0.4, 0.5) is 0 Å². The summed E-state index contributed by atoms with van der Waals surface area (Å²) in [5, 5.41) is 3.26. The van der Waals surface area contributed by atoms with Crippen molar-refractivity contribution in [2.24, 2.45) is 11.8 Å². The van der Waals surface area contributed by atoms with Gasteiger partial charge in [-0.05, 0) is 38.8 Å². The molecule has 82 valence electrons. The highest BCUT2D eigenvalue weighted by Gasteiger charge is 2.51. The number of fused-ring (bicyclic) bond motifs is 2. The fourth-order valence-electron chi connectivity index (χ4n) is 2.95. The average molecular weight is 208 g/mol. The number of imide groups is 1. The molecule has 4 rings (SSSR count). The van der Waals surface area contributed by atoms with Gasteiger partial charge in [0.15, 0.2) is 0 Å². The predicted octanol–water partition coefficient (Wildman–Crippen LogP) is 0.133. The molecule has 4 heteroatoms. The highest BCUT2D eigenvalue weighted by atomic mass is 16.2. The molecule has 0 atom stereocenters. The first-order valence-corrected chi connectivity index (χ1v) is 5.85. The van der Waals surface area contributed by atoms with Crippen molar-refractivity contribution in [1.82, 2.24) is 10.2 Å². The van der Waals surface area contributed by atoms with Crippen LogP contribution in [0.25, 0.3) is 0 Å². The molecule has 2 bridgehead atoms. The molecular formula is C11H16N2O2. The van der Waals surface area contributed by atoms with Gasteiger partial charge in [0.2, 0.25) is 11.8 Å². The summed E-state index contributed by atoms with van der Waals surface area (Å²) in [6.07, 6.45) is 3.49. The maximum Gasteiger partial charge on any atom is 0.232 e. The fourth-order valence-corrected chi connectivity index (χ4v) is 2.95. The third kappa shape index (κ3) is 1.31. The maximum atomic E-state index is 12.0. The van der Waals surface area contributed by atoms with Gasteiger partial charge < -0.3 is 5.32 Å². The molecule has 1 N–H and O–H groups in total. The van der Waals surface area contributed by atoms with Crippen molar-refractivity contribution in [3.63, 3.8) is 0 Å². The Balaban J connectivity index is 1.78. The SMILES string of the molecule is O=C1C2CC(C2)C(=O)N1C1CCNCC1. The second kappa shape index (κ2) is 3.30. The van der Waals surface area contributed by atoms with Gasteiger partial charge in [0.1, 0.15) is 0 Å². The van der Waals surface area contributed by atoms with Gasteiger partial charge >= 0.3 is 0 Å². The van der Waals surface area contributed by atoms with Crippen molar-refractivity contribution >= 4 is 11.8 Å². The summed E-state index contributed by atoms with van der Waals surface area (Å²) in [5.41, 5.74) is 0. The van der Waals surface area contributed by atoms with Crippen LogP contribution in [0.1, 0.15) is 25.7 Å². The van der Waals surface area contributed by atoms with Gasteiger partial charge in [0.05, 0.1) is 0 Å². The van der Waals surface area contributed by atoms with Gasteiger partial charge in [0.25, 0.3) is 0 Å². The maximum absolute atomic E-state index is 12.0. The first kappa shape index (κ1) is 9.33. The van der Waals surface area contributed by atoms with E-state index in [9.17, 15) is 9.59 Å². The van der Waals surface area contributed by atoms with Gasteiger partial charge in [-0.25, -0.2) is 0 Å². The Kier molecular flexibility index (Phi) is 2.06. The van der Waals surface area contributed by atoms with E-state index in [1.165, 1.54) is 0 Å². The van der Waals surface area contributed by atoms with Crippen LogP contribution in [0, 0.1) is 11.8 Å². The van der Waals surface area contributed by atoms with Crippen LogP contribution >= 0.6 is 0 Å². The highest BCUT2D eigenvalue weighted by molar-refractivity contribution is 6.03. The van der Waals surface area contributed by atoms with Crippen molar-refractivity contribution in [2.45, 2.75) is 31.7 Å². The zero-order valence-electron chi connectivity index (χ0n) is 8.74. The molecule has 3 saturated heterocycles. The van der Waals surface area contributed by atoms with Gasteiger partial charge in [-0.3, -0.25) is 14.5 Å². The number of carbonyl (C=O) groups excluding carboxylic acids is 2. The second-order valence-electron chi connectivity index (χ2n) is 4.89. The van der Waals surface area contributed by atoms with E-state index in [0.29, 0.717) is 0 Å². The number of hydrogen-bond donors (Lipinski definition) is 1. The van der Waals surface area contributed by atoms with Crippen LogP contribution in [0.5, 0.6) is 0 Å². The zero-order valence-corrected chi connectivity index (χ0v) is 8.74. The predicted molar refractivity (Wildman–Crippen MR) is 54.0 cm³/mol. The van der Waals surface area contributed by atoms with Crippen LogP contribution in [-0.2, 0) is 9.59 Å². The minimum atomic E-state index is 0.106. The lowest BCUT2D eigenvalue weighted by Crippen LogP contribution is -2.61. The van der Waals surface area contributed by atoms with Crippen molar-refractivity contribution in [3.8, 4) is 0 Å². The summed E-state index contributed by atoms with van der Waals surface area (Å²) in [5.74, 6) is 0.550. The minimum Gasteiger partial charge on any atom is -0.317 e. The topological polar surface area (TPSA) is 49.4 Å². The fraction of sp³-hybridized carbons (Fsp3) is 0.818.